The number of hydrogen-bond acceptors (Lipinski definition) is 3. The maximum atomic E-state index is 11.8. The fraction of sp³-hybridized carbons (Fsp3) is 0.308. The molecule has 2 N–H and O–H groups in total. The summed E-state index contributed by atoms with van der Waals surface area (Å²) in [5, 5.41) is 10.0. The Labute approximate surface area is 116 Å². The lowest BCUT2D eigenvalue weighted by Gasteiger charge is -2.12. The van der Waals surface area contributed by atoms with Gasteiger partial charge in [0.1, 0.15) is 5.82 Å². The smallest absolute Gasteiger partial charge is 0.291 e. The molecule has 0 fully saturated rings. The molecule has 6 heteroatoms. The molecule has 0 radical (unpaired) electrons. The summed E-state index contributed by atoms with van der Waals surface area (Å²) in [6.45, 7) is 3.69. The monoisotopic (exact) mass is 278 g/mol. The maximum absolute atomic E-state index is 11.8. The number of H-pyrrole nitrogens is 1. The molecule has 0 saturated heterocycles. The number of carbonyl (C=O) groups excluding carboxylic acids is 1. The highest BCUT2D eigenvalue weighted by Gasteiger charge is 2.14. The van der Waals surface area contributed by atoms with E-state index in [-0.39, 0.29) is 17.8 Å². The standard InChI is InChI=1S/C13H15ClN4O/c1-8(7-10-3-5-11(14)6-4-10)15-13(19)12-16-9(2)17-18-12/h3-6,8H,7H2,1-2H3,(H,15,19)(H,16,17,18). The van der Waals surface area contributed by atoms with Crippen molar-refractivity contribution in [2.45, 2.75) is 26.3 Å². The lowest BCUT2D eigenvalue weighted by molar-refractivity contribution is 0.0930. The molecule has 0 spiro atoms. The highest BCUT2D eigenvalue weighted by Crippen LogP contribution is 2.11. The van der Waals surface area contributed by atoms with E-state index in [2.05, 4.69) is 20.5 Å². The molecule has 1 amide bonds. The Kier molecular flexibility index (Phi) is 4.16. The molecular weight excluding hydrogens is 264 g/mol. The largest absolute Gasteiger partial charge is 0.346 e. The minimum atomic E-state index is -0.272. The lowest BCUT2D eigenvalue weighted by Crippen LogP contribution is -2.34. The second-order valence-corrected chi connectivity index (χ2v) is 4.89. The van der Waals surface area contributed by atoms with E-state index in [1.807, 2.05) is 31.2 Å². The first-order valence-electron chi connectivity index (χ1n) is 5.99. The summed E-state index contributed by atoms with van der Waals surface area (Å²) < 4.78 is 0. The quantitative estimate of drug-likeness (QED) is 0.900. The predicted octanol–water partition coefficient (Wildman–Crippen LogP) is 2.13. The number of nitrogens with one attached hydrogen (secondary N) is 2. The fourth-order valence-corrected chi connectivity index (χ4v) is 1.88. The molecule has 5 nitrogen and oxygen atoms in total. The number of amides is 1. The first kappa shape index (κ1) is 13.5. The fourth-order valence-electron chi connectivity index (χ4n) is 1.76. The highest BCUT2D eigenvalue weighted by atomic mass is 35.5. The van der Waals surface area contributed by atoms with Gasteiger partial charge in [0.2, 0.25) is 5.82 Å². The van der Waals surface area contributed by atoms with Gasteiger partial charge in [-0.3, -0.25) is 9.89 Å². The summed E-state index contributed by atoms with van der Waals surface area (Å²) in [5.41, 5.74) is 1.11. The highest BCUT2D eigenvalue weighted by molar-refractivity contribution is 6.30. The number of aryl methyl sites for hydroxylation is 1. The number of rotatable bonds is 4. The molecule has 1 heterocycles. The van der Waals surface area contributed by atoms with Crippen molar-refractivity contribution in [1.29, 1.82) is 0 Å². The van der Waals surface area contributed by atoms with Crippen LogP contribution in [0, 0.1) is 6.92 Å². The summed E-state index contributed by atoms with van der Waals surface area (Å²) in [6, 6.07) is 7.56. The van der Waals surface area contributed by atoms with Gasteiger partial charge >= 0.3 is 0 Å². The van der Waals surface area contributed by atoms with Crippen LogP contribution in [-0.2, 0) is 6.42 Å². The Morgan fingerprint density at radius 1 is 1.42 bits per heavy atom. The maximum Gasteiger partial charge on any atom is 0.291 e. The van der Waals surface area contributed by atoms with Crippen molar-refractivity contribution in [1.82, 2.24) is 20.5 Å². The van der Waals surface area contributed by atoms with Gasteiger partial charge in [-0.05, 0) is 38.0 Å². The molecule has 100 valence electrons. The average molecular weight is 279 g/mol. The third-order valence-corrected chi connectivity index (χ3v) is 2.88. The van der Waals surface area contributed by atoms with Gasteiger partial charge in [0, 0.05) is 11.1 Å². The van der Waals surface area contributed by atoms with Crippen LogP contribution >= 0.6 is 11.6 Å². The lowest BCUT2D eigenvalue weighted by atomic mass is 10.1. The van der Waals surface area contributed by atoms with Gasteiger partial charge in [0.15, 0.2) is 0 Å². The van der Waals surface area contributed by atoms with E-state index >= 15 is 0 Å². The molecule has 0 aliphatic carbocycles. The summed E-state index contributed by atoms with van der Waals surface area (Å²) in [5.74, 6) is 0.516. The molecule has 1 unspecified atom stereocenters. The number of nitrogens with zero attached hydrogens (tertiary/aromatic N) is 2. The van der Waals surface area contributed by atoms with E-state index in [0.717, 1.165) is 12.0 Å². The number of aromatic amines is 1. The molecule has 19 heavy (non-hydrogen) atoms. The van der Waals surface area contributed by atoms with Gasteiger partial charge in [-0.2, -0.15) is 0 Å². The Balaban J connectivity index is 1.92. The van der Waals surface area contributed by atoms with E-state index in [1.54, 1.807) is 6.92 Å². The van der Waals surface area contributed by atoms with Gasteiger partial charge < -0.3 is 5.32 Å². The minimum absolute atomic E-state index is 0.00696. The topological polar surface area (TPSA) is 70.7 Å². The molecule has 0 bridgehead atoms. The van der Waals surface area contributed by atoms with Crippen LogP contribution < -0.4 is 5.32 Å². The van der Waals surface area contributed by atoms with Crippen molar-refractivity contribution >= 4 is 17.5 Å². The minimum Gasteiger partial charge on any atom is -0.346 e. The van der Waals surface area contributed by atoms with E-state index in [1.165, 1.54) is 0 Å². The second-order valence-electron chi connectivity index (χ2n) is 4.45. The van der Waals surface area contributed by atoms with Crippen molar-refractivity contribution in [3.05, 3.63) is 46.5 Å². The van der Waals surface area contributed by atoms with Gasteiger partial charge in [-0.15, -0.1) is 5.10 Å². The molecule has 1 aromatic carbocycles. The van der Waals surface area contributed by atoms with Crippen molar-refractivity contribution < 1.29 is 4.79 Å². The summed E-state index contributed by atoms with van der Waals surface area (Å²) in [6.07, 6.45) is 0.728. The molecule has 1 atom stereocenters. The van der Waals surface area contributed by atoms with Crippen molar-refractivity contribution in [2.75, 3.05) is 0 Å². The van der Waals surface area contributed by atoms with Crippen LogP contribution in [0.2, 0.25) is 5.02 Å². The van der Waals surface area contributed by atoms with Crippen LogP contribution in [0.3, 0.4) is 0 Å². The van der Waals surface area contributed by atoms with Crippen molar-refractivity contribution in [2.24, 2.45) is 0 Å². The predicted molar refractivity (Wildman–Crippen MR) is 73.2 cm³/mol. The molecule has 1 aromatic heterocycles. The zero-order chi connectivity index (χ0) is 13.8. The normalized spacial score (nSPS) is 12.2. The Morgan fingerprint density at radius 3 is 2.68 bits per heavy atom. The van der Waals surface area contributed by atoms with Gasteiger partial charge in [0.05, 0.1) is 0 Å². The van der Waals surface area contributed by atoms with E-state index in [4.69, 9.17) is 11.6 Å². The zero-order valence-electron chi connectivity index (χ0n) is 10.8. The van der Waals surface area contributed by atoms with Crippen LogP contribution in [0.15, 0.2) is 24.3 Å². The molecule has 0 aliphatic heterocycles. The number of halogens is 1. The third kappa shape index (κ3) is 3.79. The van der Waals surface area contributed by atoms with Crippen LogP contribution in [0.4, 0.5) is 0 Å². The van der Waals surface area contributed by atoms with Gasteiger partial charge in [-0.1, -0.05) is 23.7 Å². The SMILES string of the molecule is Cc1nc(C(=O)NC(C)Cc2ccc(Cl)cc2)n[nH]1. The van der Waals surface area contributed by atoms with Gasteiger partial charge in [-0.25, -0.2) is 4.98 Å². The zero-order valence-corrected chi connectivity index (χ0v) is 11.5. The number of carbonyl (C=O) groups is 1. The summed E-state index contributed by atoms with van der Waals surface area (Å²) in [7, 11) is 0. The summed E-state index contributed by atoms with van der Waals surface area (Å²) >= 11 is 5.83. The van der Waals surface area contributed by atoms with Crippen LogP contribution in [0.5, 0.6) is 0 Å². The van der Waals surface area contributed by atoms with Crippen LogP contribution in [0.1, 0.15) is 28.9 Å². The Hall–Kier alpha value is -1.88. The van der Waals surface area contributed by atoms with Crippen LogP contribution in [-0.4, -0.2) is 27.1 Å². The number of hydrogen-bond donors (Lipinski definition) is 2. The Bertz CT molecular complexity index is 564. The summed E-state index contributed by atoms with van der Waals surface area (Å²) in [4.78, 5) is 15.8. The first-order chi connectivity index (χ1) is 9.04. The van der Waals surface area contributed by atoms with E-state index in [9.17, 15) is 4.79 Å². The first-order valence-corrected chi connectivity index (χ1v) is 6.36. The number of benzene rings is 1. The van der Waals surface area contributed by atoms with Crippen LogP contribution in [0.25, 0.3) is 0 Å². The second kappa shape index (κ2) is 5.84. The van der Waals surface area contributed by atoms with Crippen molar-refractivity contribution in [3.63, 3.8) is 0 Å². The number of aromatic nitrogens is 3. The third-order valence-electron chi connectivity index (χ3n) is 2.63. The van der Waals surface area contributed by atoms with Gasteiger partial charge in [0.25, 0.3) is 5.91 Å². The molecule has 2 rings (SSSR count). The molecule has 0 saturated carbocycles. The van der Waals surface area contributed by atoms with E-state index in [0.29, 0.717) is 10.8 Å². The van der Waals surface area contributed by atoms with Crippen molar-refractivity contribution in [3.8, 4) is 0 Å². The molecule has 2 aromatic rings. The molecule has 0 aliphatic rings. The molecular formula is C13H15ClN4O. The Morgan fingerprint density at radius 2 is 2.11 bits per heavy atom. The average Bonchev–Trinajstić information content (AvgIpc) is 2.79. The van der Waals surface area contributed by atoms with E-state index < -0.39 is 0 Å².